The monoisotopic (exact) mass is 392 g/mol. The lowest BCUT2D eigenvalue weighted by Gasteiger charge is -2.08. The van der Waals surface area contributed by atoms with Crippen LogP contribution in [0.3, 0.4) is 0 Å². The number of nitrogens with zero attached hydrogens (tertiary/aromatic N) is 3. The van der Waals surface area contributed by atoms with E-state index in [-0.39, 0.29) is 5.91 Å². The molecule has 3 aromatic heterocycles. The number of benzene rings is 1. The van der Waals surface area contributed by atoms with Gasteiger partial charge in [-0.2, -0.15) is 0 Å². The topological polar surface area (TPSA) is 69.0 Å². The van der Waals surface area contributed by atoms with E-state index in [1.54, 1.807) is 18.6 Å². The number of carbonyl (C=O) groups excluding carboxylic acids is 1. The average Bonchev–Trinajstić information content (AvgIpc) is 3.31. The van der Waals surface area contributed by atoms with Crippen LogP contribution in [0.15, 0.2) is 53.9 Å². The molecule has 0 spiro atoms. The first-order chi connectivity index (χ1) is 13.7. The van der Waals surface area contributed by atoms with E-state index in [9.17, 15) is 4.79 Å². The van der Waals surface area contributed by atoms with Gasteiger partial charge >= 0.3 is 0 Å². The first-order valence-electron chi connectivity index (χ1n) is 8.94. The number of amides is 1. The molecular formula is C21H20N4O2S. The molecule has 1 aromatic carbocycles. The number of thiazole rings is 1. The molecule has 0 aliphatic rings. The summed E-state index contributed by atoms with van der Waals surface area (Å²) in [5.41, 5.74) is 3.34. The maximum atomic E-state index is 12.6. The van der Waals surface area contributed by atoms with Gasteiger partial charge in [0.1, 0.15) is 16.5 Å². The van der Waals surface area contributed by atoms with Gasteiger partial charge in [0.15, 0.2) is 0 Å². The molecule has 3 heterocycles. The number of anilines is 1. The Kier molecular flexibility index (Phi) is 5.18. The van der Waals surface area contributed by atoms with Crippen molar-refractivity contribution in [2.75, 3.05) is 19.0 Å². The normalized spacial score (nSPS) is 11.1. The first-order valence-corrected chi connectivity index (χ1v) is 9.82. The number of para-hydroxylation sites is 1. The average molecular weight is 392 g/mol. The van der Waals surface area contributed by atoms with Crippen LogP contribution < -0.4 is 5.32 Å². The largest absolute Gasteiger partial charge is 0.383 e. The molecule has 4 rings (SSSR count). The molecule has 0 aliphatic carbocycles. The second-order valence-electron chi connectivity index (χ2n) is 6.39. The van der Waals surface area contributed by atoms with Gasteiger partial charge in [0.25, 0.3) is 5.91 Å². The number of aryl methyl sites for hydroxylation is 1. The highest BCUT2D eigenvalue weighted by atomic mass is 32.1. The minimum absolute atomic E-state index is 0.264. The quantitative estimate of drug-likeness (QED) is 0.529. The minimum Gasteiger partial charge on any atom is -0.383 e. The van der Waals surface area contributed by atoms with E-state index in [0.717, 1.165) is 27.3 Å². The van der Waals surface area contributed by atoms with Gasteiger partial charge in [0.05, 0.1) is 12.3 Å². The SMILES string of the molecule is COCCn1c(-c2nc(C(=O)Nc3cccc(C)n3)cs2)cc2ccccc21. The first kappa shape index (κ1) is 18.3. The van der Waals surface area contributed by atoms with Crippen LogP contribution in [0.2, 0.25) is 0 Å². The van der Waals surface area contributed by atoms with Gasteiger partial charge in [-0.25, -0.2) is 9.97 Å². The number of nitrogens with one attached hydrogen (secondary N) is 1. The summed E-state index contributed by atoms with van der Waals surface area (Å²) >= 11 is 1.45. The third-order valence-corrected chi connectivity index (χ3v) is 5.28. The Morgan fingerprint density at radius 1 is 1.18 bits per heavy atom. The fraction of sp³-hybridized carbons (Fsp3) is 0.190. The van der Waals surface area contributed by atoms with Crippen molar-refractivity contribution in [3.8, 4) is 10.7 Å². The fourth-order valence-corrected chi connectivity index (χ4v) is 3.92. The zero-order valence-electron chi connectivity index (χ0n) is 15.7. The zero-order chi connectivity index (χ0) is 19.5. The lowest BCUT2D eigenvalue weighted by Crippen LogP contribution is -2.13. The second kappa shape index (κ2) is 7.92. The number of pyridine rings is 1. The van der Waals surface area contributed by atoms with E-state index in [0.29, 0.717) is 24.7 Å². The van der Waals surface area contributed by atoms with Crippen molar-refractivity contribution in [1.29, 1.82) is 0 Å². The Bertz CT molecular complexity index is 1130. The molecule has 7 heteroatoms. The molecule has 0 saturated heterocycles. The van der Waals surface area contributed by atoms with Gasteiger partial charge in [-0.1, -0.05) is 24.3 Å². The third-order valence-electron chi connectivity index (χ3n) is 4.42. The van der Waals surface area contributed by atoms with Gasteiger partial charge < -0.3 is 14.6 Å². The van der Waals surface area contributed by atoms with E-state index in [4.69, 9.17) is 4.74 Å². The molecule has 28 heavy (non-hydrogen) atoms. The van der Waals surface area contributed by atoms with Crippen molar-refractivity contribution in [3.63, 3.8) is 0 Å². The number of aromatic nitrogens is 3. The fourth-order valence-electron chi connectivity index (χ4n) is 3.10. The molecule has 1 amide bonds. The molecule has 4 aromatic rings. The Hall–Kier alpha value is -3.03. The van der Waals surface area contributed by atoms with E-state index in [1.165, 1.54) is 11.3 Å². The Morgan fingerprint density at radius 3 is 2.86 bits per heavy atom. The number of fused-ring (bicyclic) bond motifs is 1. The summed E-state index contributed by atoms with van der Waals surface area (Å²) in [7, 11) is 1.69. The molecule has 0 unspecified atom stereocenters. The smallest absolute Gasteiger partial charge is 0.276 e. The van der Waals surface area contributed by atoms with E-state index >= 15 is 0 Å². The van der Waals surface area contributed by atoms with Crippen LogP contribution in [0.25, 0.3) is 21.6 Å². The number of rotatable bonds is 6. The Balaban J connectivity index is 1.64. The van der Waals surface area contributed by atoms with E-state index in [2.05, 4.69) is 38.1 Å². The van der Waals surface area contributed by atoms with Gasteiger partial charge in [0.2, 0.25) is 0 Å². The van der Waals surface area contributed by atoms with Gasteiger partial charge in [-0.15, -0.1) is 11.3 Å². The van der Waals surface area contributed by atoms with Crippen molar-refractivity contribution in [2.45, 2.75) is 13.5 Å². The van der Waals surface area contributed by atoms with Gasteiger partial charge in [-0.05, 0) is 31.2 Å². The van der Waals surface area contributed by atoms with Crippen LogP contribution in [0.1, 0.15) is 16.2 Å². The summed E-state index contributed by atoms with van der Waals surface area (Å²) in [6, 6.07) is 15.8. The second-order valence-corrected chi connectivity index (χ2v) is 7.25. The highest BCUT2D eigenvalue weighted by Crippen LogP contribution is 2.30. The van der Waals surface area contributed by atoms with Crippen molar-refractivity contribution in [3.05, 3.63) is 65.3 Å². The van der Waals surface area contributed by atoms with Gasteiger partial charge in [-0.3, -0.25) is 4.79 Å². The zero-order valence-corrected chi connectivity index (χ0v) is 16.5. The molecule has 0 fully saturated rings. The molecule has 0 radical (unpaired) electrons. The molecule has 0 atom stereocenters. The van der Waals surface area contributed by atoms with Crippen molar-refractivity contribution < 1.29 is 9.53 Å². The highest BCUT2D eigenvalue weighted by molar-refractivity contribution is 7.13. The van der Waals surface area contributed by atoms with Crippen molar-refractivity contribution in [1.82, 2.24) is 14.5 Å². The molecule has 142 valence electrons. The minimum atomic E-state index is -0.264. The summed E-state index contributed by atoms with van der Waals surface area (Å²) in [4.78, 5) is 21.5. The van der Waals surface area contributed by atoms with Crippen molar-refractivity contribution >= 4 is 34.0 Å². The summed E-state index contributed by atoms with van der Waals surface area (Å²) in [5.74, 6) is 0.258. The Morgan fingerprint density at radius 2 is 2.04 bits per heavy atom. The molecule has 1 N–H and O–H groups in total. The predicted molar refractivity (Wildman–Crippen MR) is 112 cm³/mol. The van der Waals surface area contributed by atoms with E-state index < -0.39 is 0 Å². The summed E-state index contributed by atoms with van der Waals surface area (Å²) in [5, 5.41) is 6.52. The third kappa shape index (κ3) is 3.67. The lowest BCUT2D eigenvalue weighted by atomic mass is 10.2. The molecule has 6 nitrogen and oxygen atoms in total. The van der Waals surface area contributed by atoms with Crippen molar-refractivity contribution in [2.24, 2.45) is 0 Å². The van der Waals surface area contributed by atoms with Crippen LogP contribution in [0.4, 0.5) is 5.82 Å². The number of carbonyl (C=O) groups is 1. The number of methoxy groups -OCH3 is 1. The number of ether oxygens (including phenoxy) is 1. The molecule has 0 bridgehead atoms. The standard InChI is InChI=1S/C21H20N4O2S/c1-14-6-5-9-19(22-14)24-20(26)16-13-28-21(23-16)18-12-15-7-3-4-8-17(15)25(18)10-11-27-2/h3-9,12-13H,10-11H2,1-2H3,(H,22,24,26). The maximum Gasteiger partial charge on any atom is 0.276 e. The number of hydrogen-bond donors (Lipinski definition) is 1. The highest BCUT2D eigenvalue weighted by Gasteiger charge is 2.17. The molecule has 0 aliphatic heterocycles. The van der Waals surface area contributed by atoms with Gasteiger partial charge in [0, 0.05) is 35.6 Å². The van der Waals surface area contributed by atoms with Crippen LogP contribution in [-0.2, 0) is 11.3 Å². The number of hydrogen-bond acceptors (Lipinski definition) is 5. The molecule has 0 saturated carbocycles. The summed E-state index contributed by atoms with van der Waals surface area (Å²) < 4.78 is 7.45. The van der Waals surface area contributed by atoms with Crippen LogP contribution in [0.5, 0.6) is 0 Å². The summed E-state index contributed by atoms with van der Waals surface area (Å²) in [6.07, 6.45) is 0. The summed E-state index contributed by atoms with van der Waals surface area (Å²) in [6.45, 7) is 3.20. The lowest BCUT2D eigenvalue weighted by molar-refractivity contribution is 0.102. The Labute approximate surface area is 166 Å². The molecular weight excluding hydrogens is 372 g/mol. The van der Waals surface area contributed by atoms with Crippen LogP contribution >= 0.6 is 11.3 Å². The maximum absolute atomic E-state index is 12.6. The van der Waals surface area contributed by atoms with Crippen LogP contribution in [-0.4, -0.2) is 34.2 Å². The predicted octanol–water partition coefficient (Wildman–Crippen LogP) is 4.37. The van der Waals surface area contributed by atoms with E-state index in [1.807, 2.05) is 31.2 Å². The van der Waals surface area contributed by atoms with Crippen LogP contribution in [0, 0.1) is 6.92 Å².